The highest BCUT2D eigenvalue weighted by molar-refractivity contribution is 6.02. The van der Waals surface area contributed by atoms with E-state index in [1.807, 2.05) is 0 Å². The van der Waals surface area contributed by atoms with Gasteiger partial charge in [-0.15, -0.1) is 10.2 Å². The molecular weight excluding hydrogens is 323 g/mol. The molecule has 1 aliphatic rings. The molecule has 0 radical (unpaired) electrons. The minimum atomic E-state index is -0.513. The van der Waals surface area contributed by atoms with Gasteiger partial charge in [-0.1, -0.05) is 6.07 Å². The first kappa shape index (κ1) is 17.3. The standard InChI is InChI=1S/C18H21FN4O2/c1-12-3-4-15(14(19)11-12)20-18(24)16-5-6-17(22-21-16)25-13-7-9-23(2)10-8-13/h3-6,11,13H,7-10H2,1-2H3,(H,20,24). The van der Waals surface area contributed by atoms with Gasteiger partial charge >= 0.3 is 0 Å². The summed E-state index contributed by atoms with van der Waals surface area (Å²) in [5, 5.41) is 10.3. The van der Waals surface area contributed by atoms with E-state index < -0.39 is 11.7 Å². The summed E-state index contributed by atoms with van der Waals surface area (Å²) in [5.41, 5.74) is 1.01. The van der Waals surface area contributed by atoms with E-state index in [4.69, 9.17) is 4.74 Å². The van der Waals surface area contributed by atoms with Crippen LogP contribution in [0, 0.1) is 12.7 Å². The van der Waals surface area contributed by atoms with Crippen LogP contribution in [0.3, 0.4) is 0 Å². The topological polar surface area (TPSA) is 67.3 Å². The largest absolute Gasteiger partial charge is 0.473 e. The number of rotatable bonds is 4. The van der Waals surface area contributed by atoms with E-state index in [1.165, 1.54) is 18.2 Å². The predicted molar refractivity (Wildman–Crippen MR) is 92.3 cm³/mol. The van der Waals surface area contributed by atoms with Gasteiger partial charge in [0.25, 0.3) is 5.91 Å². The van der Waals surface area contributed by atoms with Gasteiger partial charge in [-0.25, -0.2) is 4.39 Å². The van der Waals surface area contributed by atoms with Crippen molar-refractivity contribution in [2.45, 2.75) is 25.9 Å². The molecule has 1 amide bonds. The Morgan fingerprint density at radius 3 is 2.64 bits per heavy atom. The number of hydrogen-bond donors (Lipinski definition) is 1. The number of benzene rings is 1. The van der Waals surface area contributed by atoms with Gasteiger partial charge in [0, 0.05) is 19.2 Å². The molecule has 6 nitrogen and oxygen atoms in total. The van der Waals surface area contributed by atoms with Gasteiger partial charge in [-0.3, -0.25) is 4.79 Å². The number of ether oxygens (including phenoxy) is 1. The highest BCUT2D eigenvalue weighted by Crippen LogP contribution is 2.18. The Kier molecular flexibility index (Phi) is 5.23. The maximum Gasteiger partial charge on any atom is 0.276 e. The molecule has 0 saturated carbocycles. The van der Waals surface area contributed by atoms with Crippen LogP contribution >= 0.6 is 0 Å². The molecule has 0 spiro atoms. The van der Waals surface area contributed by atoms with Crippen molar-refractivity contribution in [3.05, 3.63) is 47.4 Å². The Morgan fingerprint density at radius 1 is 1.24 bits per heavy atom. The number of anilines is 1. The van der Waals surface area contributed by atoms with Crippen LogP contribution in [0.25, 0.3) is 0 Å². The minimum Gasteiger partial charge on any atom is -0.473 e. The normalized spacial score (nSPS) is 15.8. The van der Waals surface area contributed by atoms with Crippen molar-refractivity contribution in [3.8, 4) is 5.88 Å². The zero-order chi connectivity index (χ0) is 17.8. The monoisotopic (exact) mass is 344 g/mol. The fraction of sp³-hybridized carbons (Fsp3) is 0.389. The molecule has 0 unspecified atom stereocenters. The molecule has 7 heteroatoms. The molecule has 1 aromatic heterocycles. The lowest BCUT2D eigenvalue weighted by Gasteiger charge is -2.28. The van der Waals surface area contributed by atoms with Crippen molar-refractivity contribution in [2.24, 2.45) is 0 Å². The van der Waals surface area contributed by atoms with E-state index in [2.05, 4.69) is 27.5 Å². The van der Waals surface area contributed by atoms with Crippen molar-refractivity contribution in [1.82, 2.24) is 15.1 Å². The first-order valence-electron chi connectivity index (χ1n) is 8.28. The van der Waals surface area contributed by atoms with Gasteiger partial charge in [0.05, 0.1) is 5.69 Å². The zero-order valence-corrected chi connectivity index (χ0v) is 14.3. The fourth-order valence-electron chi connectivity index (χ4n) is 2.69. The molecule has 25 heavy (non-hydrogen) atoms. The Labute approximate surface area is 146 Å². The molecule has 1 fully saturated rings. The number of aryl methyl sites for hydroxylation is 1. The van der Waals surface area contributed by atoms with Gasteiger partial charge in [0.15, 0.2) is 5.69 Å². The Balaban J connectivity index is 1.60. The van der Waals surface area contributed by atoms with E-state index in [0.29, 0.717) is 5.88 Å². The number of piperidine rings is 1. The number of nitrogens with zero attached hydrogens (tertiary/aromatic N) is 3. The summed E-state index contributed by atoms with van der Waals surface area (Å²) in [6, 6.07) is 7.75. The maximum absolute atomic E-state index is 13.8. The van der Waals surface area contributed by atoms with E-state index >= 15 is 0 Å². The van der Waals surface area contributed by atoms with Gasteiger partial charge in [-0.05, 0) is 50.6 Å². The number of halogens is 1. The smallest absolute Gasteiger partial charge is 0.276 e. The SMILES string of the molecule is Cc1ccc(NC(=O)c2ccc(OC3CCN(C)CC3)nn2)c(F)c1. The van der Waals surface area contributed by atoms with Crippen LogP contribution < -0.4 is 10.1 Å². The second-order valence-electron chi connectivity index (χ2n) is 6.31. The second kappa shape index (κ2) is 7.57. The van der Waals surface area contributed by atoms with Crippen LogP contribution in [-0.2, 0) is 0 Å². The first-order chi connectivity index (χ1) is 12.0. The summed E-state index contributed by atoms with van der Waals surface area (Å²) >= 11 is 0. The molecule has 2 heterocycles. The number of aromatic nitrogens is 2. The average molecular weight is 344 g/mol. The van der Waals surface area contributed by atoms with Gasteiger partial charge in [-0.2, -0.15) is 0 Å². The van der Waals surface area contributed by atoms with Crippen LogP contribution in [0.2, 0.25) is 0 Å². The lowest BCUT2D eigenvalue weighted by molar-refractivity contribution is 0.101. The van der Waals surface area contributed by atoms with Crippen molar-refractivity contribution < 1.29 is 13.9 Å². The molecule has 3 rings (SSSR count). The van der Waals surface area contributed by atoms with E-state index in [9.17, 15) is 9.18 Å². The van der Waals surface area contributed by atoms with Crippen LogP contribution in [0.4, 0.5) is 10.1 Å². The van der Waals surface area contributed by atoms with E-state index in [-0.39, 0.29) is 17.5 Å². The number of likely N-dealkylation sites (tertiary alicyclic amines) is 1. The van der Waals surface area contributed by atoms with Gasteiger partial charge < -0.3 is 15.0 Å². The molecule has 1 saturated heterocycles. The number of carbonyl (C=O) groups is 1. The first-order valence-corrected chi connectivity index (χ1v) is 8.28. The number of carbonyl (C=O) groups excluding carboxylic acids is 1. The molecule has 0 aliphatic carbocycles. The van der Waals surface area contributed by atoms with E-state index in [1.54, 1.807) is 19.1 Å². The van der Waals surface area contributed by atoms with Crippen LogP contribution in [-0.4, -0.2) is 47.2 Å². The number of hydrogen-bond acceptors (Lipinski definition) is 5. The molecule has 132 valence electrons. The highest BCUT2D eigenvalue weighted by Gasteiger charge is 2.19. The average Bonchev–Trinajstić information content (AvgIpc) is 2.60. The summed E-state index contributed by atoms with van der Waals surface area (Å²) in [6.45, 7) is 3.75. The molecule has 0 bridgehead atoms. The molecule has 0 atom stereocenters. The van der Waals surface area contributed by atoms with Gasteiger partial charge in [0.1, 0.15) is 11.9 Å². The van der Waals surface area contributed by atoms with Crippen LogP contribution in [0.15, 0.2) is 30.3 Å². The van der Waals surface area contributed by atoms with Crippen molar-refractivity contribution in [2.75, 3.05) is 25.5 Å². The highest BCUT2D eigenvalue weighted by atomic mass is 19.1. The Hall–Kier alpha value is -2.54. The van der Waals surface area contributed by atoms with Crippen LogP contribution in [0.5, 0.6) is 5.88 Å². The Morgan fingerprint density at radius 2 is 2.00 bits per heavy atom. The lowest BCUT2D eigenvalue weighted by atomic mass is 10.1. The molecular formula is C18H21FN4O2. The summed E-state index contributed by atoms with van der Waals surface area (Å²) in [7, 11) is 2.08. The van der Waals surface area contributed by atoms with E-state index in [0.717, 1.165) is 31.5 Å². The Bertz CT molecular complexity index is 743. The molecule has 1 N–H and O–H groups in total. The predicted octanol–water partition coefficient (Wildman–Crippen LogP) is 2.65. The maximum atomic E-state index is 13.8. The summed E-state index contributed by atoms with van der Waals surface area (Å²) < 4.78 is 19.6. The molecule has 2 aromatic rings. The minimum absolute atomic E-state index is 0.107. The third-order valence-corrected chi connectivity index (χ3v) is 4.20. The number of nitrogens with one attached hydrogen (secondary N) is 1. The zero-order valence-electron chi connectivity index (χ0n) is 14.3. The van der Waals surface area contributed by atoms with Gasteiger partial charge in [0.2, 0.25) is 5.88 Å². The summed E-state index contributed by atoms with van der Waals surface area (Å²) in [4.78, 5) is 14.4. The number of amides is 1. The molecule has 1 aromatic carbocycles. The van der Waals surface area contributed by atoms with Crippen LogP contribution in [0.1, 0.15) is 28.9 Å². The summed E-state index contributed by atoms with van der Waals surface area (Å²) in [6.07, 6.45) is 1.99. The summed E-state index contributed by atoms with van der Waals surface area (Å²) in [5.74, 6) is -0.600. The second-order valence-corrected chi connectivity index (χ2v) is 6.31. The quantitative estimate of drug-likeness (QED) is 0.924. The van der Waals surface area contributed by atoms with Crippen molar-refractivity contribution in [3.63, 3.8) is 0 Å². The van der Waals surface area contributed by atoms with Crippen molar-refractivity contribution >= 4 is 11.6 Å². The third kappa shape index (κ3) is 4.51. The fourth-order valence-corrected chi connectivity index (χ4v) is 2.69. The lowest BCUT2D eigenvalue weighted by Crippen LogP contribution is -2.35. The van der Waals surface area contributed by atoms with Crippen molar-refractivity contribution in [1.29, 1.82) is 0 Å². The third-order valence-electron chi connectivity index (χ3n) is 4.20. The molecule has 1 aliphatic heterocycles.